The van der Waals surface area contributed by atoms with Gasteiger partial charge >= 0.3 is 0 Å². The highest BCUT2D eigenvalue weighted by Crippen LogP contribution is 2.37. The zero-order valence-electron chi connectivity index (χ0n) is 20.8. The van der Waals surface area contributed by atoms with Crippen LogP contribution in [0.2, 0.25) is 0 Å². The van der Waals surface area contributed by atoms with Crippen molar-refractivity contribution in [3.63, 3.8) is 0 Å². The van der Waals surface area contributed by atoms with Gasteiger partial charge in [-0.1, -0.05) is 70.8 Å². The summed E-state index contributed by atoms with van der Waals surface area (Å²) in [7, 11) is 0. The molecular formula is C27H48O3. The Kier molecular flexibility index (Phi) is 10.5. The minimum Gasteiger partial charge on any atom is -0.386 e. The molecule has 0 spiro atoms. The molecule has 0 unspecified atom stereocenters. The van der Waals surface area contributed by atoms with Gasteiger partial charge in [0.25, 0.3) is 0 Å². The summed E-state index contributed by atoms with van der Waals surface area (Å²) < 4.78 is 0. The van der Waals surface area contributed by atoms with Gasteiger partial charge in [-0.3, -0.25) is 0 Å². The lowest BCUT2D eigenvalue weighted by Gasteiger charge is -2.32. The predicted molar refractivity (Wildman–Crippen MR) is 128 cm³/mol. The van der Waals surface area contributed by atoms with Crippen LogP contribution in [0.25, 0.3) is 0 Å². The summed E-state index contributed by atoms with van der Waals surface area (Å²) in [4.78, 5) is 0. The fourth-order valence-electron chi connectivity index (χ4n) is 4.24. The third-order valence-electron chi connectivity index (χ3n) is 6.02. The zero-order chi connectivity index (χ0) is 23.0. The highest BCUT2D eigenvalue weighted by atomic mass is 16.3. The van der Waals surface area contributed by atoms with Crippen LogP contribution in [0.15, 0.2) is 12.1 Å². The second-order valence-corrected chi connectivity index (χ2v) is 10.7. The van der Waals surface area contributed by atoms with E-state index in [-0.39, 0.29) is 0 Å². The summed E-state index contributed by atoms with van der Waals surface area (Å²) in [5, 5.41) is 32.2. The van der Waals surface area contributed by atoms with E-state index in [0.717, 1.165) is 29.5 Å². The van der Waals surface area contributed by atoms with E-state index in [2.05, 4.69) is 6.92 Å². The zero-order valence-corrected chi connectivity index (χ0v) is 20.8. The highest BCUT2D eigenvalue weighted by Gasteiger charge is 2.31. The van der Waals surface area contributed by atoms with Crippen LogP contribution < -0.4 is 0 Å². The molecule has 0 aliphatic carbocycles. The van der Waals surface area contributed by atoms with Gasteiger partial charge < -0.3 is 15.3 Å². The molecule has 0 heterocycles. The Hall–Kier alpha value is -0.900. The van der Waals surface area contributed by atoms with Gasteiger partial charge in [0.15, 0.2) is 0 Å². The van der Waals surface area contributed by atoms with Gasteiger partial charge in [-0.25, -0.2) is 0 Å². The van der Waals surface area contributed by atoms with E-state index in [4.69, 9.17) is 0 Å². The monoisotopic (exact) mass is 420 g/mol. The van der Waals surface area contributed by atoms with Crippen LogP contribution in [0.1, 0.15) is 135 Å². The van der Waals surface area contributed by atoms with Crippen molar-refractivity contribution in [3.05, 3.63) is 34.4 Å². The number of hydrogen-bond acceptors (Lipinski definition) is 3. The maximum absolute atomic E-state index is 10.8. The van der Waals surface area contributed by atoms with E-state index in [1.807, 2.05) is 12.1 Å². The van der Waals surface area contributed by atoms with E-state index in [9.17, 15) is 15.3 Å². The molecule has 0 aliphatic rings. The van der Waals surface area contributed by atoms with Gasteiger partial charge in [-0.05, 0) is 82.7 Å². The minimum atomic E-state index is -1.09. The fourth-order valence-corrected chi connectivity index (χ4v) is 4.24. The number of benzene rings is 1. The predicted octanol–water partition coefficient (Wildman–Crippen LogP) is 6.83. The Morgan fingerprint density at radius 2 is 0.900 bits per heavy atom. The van der Waals surface area contributed by atoms with Crippen molar-refractivity contribution in [1.29, 1.82) is 0 Å². The minimum absolute atomic E-state index is 0.680. The molecule has 3 nitrogen and oxygen atoms in total. The molecule has 1 rings (SSSR count). The van der Waals surface area contributed by atoms with Crippen LogP contribution in [0.5, 0.6) is 0 Å². The Bertz CT molecular complexity index is 627. The van der Waals surface area contributed by atoms with Crippen molar-refractivity contribution >= 4 is 0 Å². The molecule has 3 heteroatoms. The van der Waals surface area contributed by atoms with Gasteiger partial charge in [0.05, 0.1) is 16.8 Å². The molecule has 0 radical (unpaired) electrons. The first-order chi connectivity index (χ1) is 13.8. The molecular weight excluding hydrogens is 372 g/mol. The third kappa shape index (κ3) is 9.08. The van der Waals surface area contributed by atoms with Crippen LogP contribution in [0, 0.1) is 0 Å². The molecule has 0 aromatic heterocycles. The van der Waals surface area contributed by atoms with Gasteiger partial charge in [0.2, 0.25) is 0 Å². The van der Waals surface area contributed by atoms with Crippen molar-refractivity contribution in [1.82, 2.24) is 0 Å². The van der Waals surface area contributed by atoms with Gasteiger partial charge in [0, 0.05) is 0 Å². The van der Waals surface area contributed by atoms with Crippen molar-refractivity contribution < 1.29 is 15.3 Å². The molecule has 0 amide bonds. The highest BCUT2D eigenvalue weighted by molar-refractivity contribution is 5.45. The maximum atomic E-state index is 10.8. The summed E-state index contributed by atoms with van der Waals surface area (Å²) in [5.74, 6) is 0. The van der Waals surface area contributed by atoms with Crippen LogP contribution in [0.4, 0.5) is 0 Å². The lowest BCUT2D eigenvalue weighted by Crippen LogP contribution is -2.28. The van der Waals surface area contributed by atoms with E-state index in [1.165, 1.54) is 57.8 Å². The molecule has 1 aromatic carbocycles. The van der Waals surface area contributed by atoms with Gasteiger partial charge in [-0.15, -0.1) is 0 Å². The average molecular weight is 421 g/mol. The Morgan fingerprint density at radius 3 is 1.30 bits per heavy atom. The maximum Gasteiger partial charge on any atom is 0.0844 e. The summed E-state index contributed by atoms with van der Waals surface area (Å²) in [6.07, 6.45) is 13.8. The van der Waals surface area contributed by atoms with Crippen molar-refractivity contribution in [2.45, 2.75) is 136 Å². The SMILES string of the molecule is CCCCCCCCCCCCc1cc(C(C)(C)O)c(C(C)(C)O)cc1C(C)(C)O. The van der Waals surface area contributed by atoms with Crippen LogP contribution in [-0.4, -0.2) is 15.3 Å². The molecule has 1 aromatic rings. The van der Waals surface area contributed by atoms with Gasteiger partial charge in [0.1, 0.15) is 0 Å². The molecule has 0 saturated heterocycles. The average Bonchev–Trinajstić information content (AvgIpc) is 2.60. The number of rotatable bonds is 14. The molecule has 0 fully saturated rings. The fraction of sp³-hybridized carbons (Fsp3) is 0.778. The van der Waals surface area contributed by atoms with Crippen molar-refractivity contribution in [3.8, 4) is 0 Å². The number of hydrogen-bond donors (Lipinski definition) is 3. The number of aryl methyl sites for hydroxylation is 1. The van der Waals surface area contributed by atoms with E-state index >= 15 is 0 Å². The van der Waals surface area contributed by atoms with Crippen LogP contribution >= 0.6 is 0 Å². The molecule has 0 atom stereocenters. The van der Waals surface area contributed by atoms with Crippen LogP contribution in [0.3, 0.4) is 0 Å². The van der Waals surface area contributed by atoms with E-state index in [1.54, 1.807) is 41.5 Å². The molecule has 3 N–H and O–H groups in total. The standard InChI is InChI=1S/C27H48O3/c1-8-9-10-11-12-13-14-15-16-17-18-21-19-23(26(4,5)29)24(27(6,7)30)20-22(21)25(2,3)28/h19-20,28-30H,8-18H2,1-7H3. The lowest BCUT2D eigenvalue weighted by atomic mass is 9.79. The van der Waals surface area contributed by atoms with Gasteiger partial charge in [-0.2, -0.15) is 0 Å². The second-order valence-electron chi connectivity index (χ2n) is 10.7. The van der Waals surface area contributed by atoms with E-state index in [0.29, 0.717) is 5.56 Å². The Morgan fingerprint density at radius 1 is 0.533 bits per heavy atom. The van der Waals surface area contributed by atoms with E-state index < -0.39 is 16.8 Å². The molecule has 174 valence electrons. The number of aliphatic hydroxyl groups is 3. The molecule has 30 heavy (non-hydrogen) atoms. The first-order valence-electron chi connectivity index (χ1n) is 12.1. The molecule has 0 saturated carbocycles. The Balaban J connectivity index is 2.81. The number of unbranched alkanes of at least 4 members (excludes halogenated alkanes) is 9. The summed E-state index contributed by atoms with van der Waals surface area (Å²) >= 11 is 0. The van der Waals surface area contributed by atoms with Crippen LogP contribution in [-0.2, 0) is 23.2 Å². The lowest BCUT2D eigenvalue weighted by molar-refractivity contribution is 0.0501. The molecule has 0 aliphatic heterocycles. The van der Waals surface area contributed by atoms with Crippen molar-refractivity contribution in [2.24, 2.45) is 0 Å². The van der Waals surface area contributed by atoms with Crippen molar-refractivity contribution in [2.75, 3.05) is 0 Å². The first-order valence-corrected chi connectivity index (χ1v) is 12.1. The molecule has 0 bridgehead atoms. The first kappa shape index (κ1) is 27.1. The summed E-state index contributed by atoms with van der Waals surface area (Å²) in [6, 6.07) is 3.91. The topological polar surface area (TPSA) is 60.7 Å². The summed E-state index contributed by atoms with van der Waals surface area (Å²) in [6.45, 7) is 12.8. The largest absolute Gasteiger partial charge is 0.386 e. The Labute approximate surface area is 185 Å². The normalized spacial score (nSPS) is 13.1. The second kappa shape index (κ2) is 11.6. The quantitative estimate of drug-likeness (QED) is 0.289. The summed E-state index contributed by atoms with van der Waals surface area (Å²) in [5.41, 5.74) is 0.205. The smallest absolute Gasteiger partial charge is 0.0844 e. The third-order valence-corrected chi connectivity index (χ3v) is 6.02.